The molecule has 1 aromatic heterocycles. The summed E-state index contributed by atoms with van der Waals surface area (Å²) in [6, 6.07) is 4.45. The van der Waals surface area contributed by atoms with Crippen LogP contribution >= 0.6 is 22.9 Å². The van der Waals surface area contributed by atoms with Gasteiger partial charge in [-0.2, -0.15) is 0 Å². The molecular weight excluding hydrogens is 212 g/mol. The molecule has 2 heteroatoms. The van der Waals surface area contributed by atoms with Gasteiger partial charge < -0.3 is 0 Å². The summed E-state index contributed by atoms with van der Waals surface area (Å²) >= 11 is 8.39. The standard InChI is InChI=1S/C12H17ClS/c1-2-10-7-8-11(14-10)12(13)9-5-3-4-6-9/h7-9,12H,2-6H2,1H3. The molecule has 1 aromatic rings. The minimum Gasteiger partial charge on any atom is -0.144 e. The number of aryl methyl sites for hydroxylation is 1. The van der Waals surface area contributed by atoms with Crippen LogP contribution in [0.15, 0.2) is 12.1 Å². The normalized spacial score (nSPS) is 20.1. The molecule has 1 saturated carbocycles. The van der Waals surface area contributed by atoms with E-state index in [4.69, 9.17) is 11.6 Å². The summed E-state index contributed by atoms with van der Waals surface area (Å²) in [6.07, 6.45) is 6.54. The Balaban J connectivity index is 2.05. The van der Waals surface area contributed by atoms with Gasteiger partial charge in [-0.3, -0.25) is 0 Å². The maximum absolute atomic E-state index is 6.49. The molecule has 1 aliphatic carbocycles. The molecule has 0 N–H and O–H groups in total. The van der Waals surface area contributed by atoms with Crippen molar-refractivity contribution < 1.29 is 0 Å². The second kappa shape index (κ2) is 4.67. The van der Waals surface area contributed by atoms with Gasteiger partial charge in [0.1, 0.15) is 0 Å². The van der Waals surface area contributed by atoms with E-state index in [-0.39, 0.29) is 5.38 Å². The molecule has 0 saturated heterocycles. The van der Waals surface area contributed by atoms with Crippen LogP contribution in [0.3, 0.4) is 0 Å². The minimum atomic E-state index is 0.280. The van der Waals surface area contributed by atoms with Crippen molar-refractivity contribution in [1.29, 1.82) is 0 Å². The van der Waals surface area contributed by atoms with Gasteiger partial charge in [0.05, 0.1) is 5.38 Å². The highest BCUT2D eigenvalue weighted by molar-refractivity contribution is 7.12. The SMILES string of the molecule is CCc1ccc(C(Cl)C2CCCC2)s1. The van der Waals surface area contributed by atoms with E-state index >= 15 is 0 Å². The zero-order chi connectivity index (χ0) is 9.97. The topological polar surface area (TPSA) is 0 Å². The summed E-state index contributed by atoms with van der Waals surface area (Å²) < 4.78 is 0. The first-order chi connectivity index (χ1) is 6.81. The fourth-order valence-electron chi connectivity index (χ4n) is 2.22. The van der Waals surface area contributed by atoms with Crippen molar-refractivity contribution in [2.24, 2.45) is 5.92 Å². The predicted octanol–water partition coefficient (Wildman–Crippen LogP) is 4.78. The average Bonchev–Trinajstić information content (AvgIpc) is 2.88. The fourth-order valence-corrected chi connectivity index (χ4v) is 3.70. The maximum Gasteiger partial charge on any atom is 0.0706 e. The van der Waals surface area contributed by atoms with Crippen molar-refractivity contribution in [2.45, 2.75) is 44.4 Å². The predicted molar refractivity (Wildman–Crippen MR) is 64.2 cm³/mol. The molecule has 78 valence electrons. The Morgan fingerprint density at radius 3 is 2.71 bits per heavy atom. The molecule has 2 rings (SSSR count). The molecule has 0 radical (unpaired) electrons. The molecule has 14 heavy (non-hydrogen) atoms. The highest BCUT2D eigenvalue weighted by atomic mass is 35.5. The number of alkyl halides is 1. The number of thiophene rings is 1. The zero-order valence-corrected chi connectivity index (χ0v) is 10.2. The lowest BCUT2D eigenvalue weighted by Crippen LogP contribution is -2.00. The summed E-state index contributed by atoms with van der Waals surface area (Å²) in [5.41, 5.74) is 0. The van der Waals surface area contributed by atoms with E-state index in [1.54, 1.807) is 0 Å². The third-order valence-corrected chi connectivity index (χ3v) is 5.15. The van der Waals surface area contributed by atoms with Crippen LogP contribution in [0.1, 0.15) is 47.7 Å². The first kappa shape index (κ1) is 10.5. The van der Waals surface area contributed by atoms with Crippen LogP contribution in [-0.4, -0.2) is 0 Å². The summed E-state index contributed by atoms with van der Waals surface area (Å²) in [6.45, 7) is 2.20. The van der Waals surface area contributed by atoms with E-state index in [2.05, 4.69) is 19.1 Å². The van der Waals surface area contributed by atoms with Crippen molar-refractivity contribution in [1.82, 2.24) is 0 Å². The summed E-state index contributed by atoms with van der Waals surface area (Å²) in [7, 11) is 0. The van der Waals surface area contributed by atoms with Crippen molar-refractivity contribution >= 4 is 22.9 Å². The minimum absolute atomic E-state index is 0.280. The van der Waals surface area contributed by atoms with Crippen LogP contribution in [0, 0.1) is 5.92 Å². The van der Waals surface area contributed by atoms with Crippen LogP contribution in [0.25, 0.3) is 0 Å². The monoisotopic (exact) mass is 228 g/mol. The summed E-state index contributed by atoms with van der Waals surface area (Å²) in [5, 5.41) is 0.280. The quantitative estimate of drug-likeness (QED) is 0.654. The largest absolute Gasteiger partial charge is 0.144 e. The van der Waals surface area contributed by atoms with E-state index in [0.717, 1.165) is 12.3 Å². The molecule has 1 heterocycles. The molecule has 1 atom stereocenters. The van der Waals surface area contributed by atoms with E-state index in [1.807, 2.05) is 11.3 Å². The van der Waals surface area contributed by atoms with Crippen LogP contribution in [0.2, 0.25) is 0 Å². The van der Waals surface area contributed by atoms with Gasteiger partial charge in [0.25, 0.3) is 0 Å². The van der Waals surface area contributed by atoms with Gasteiger partial charge in [-0.1, -0.05) is 19.8 Å². The van der Waals surface area contributed by atoms with Crippen LogP contribution in [-0.2, 0) is 6.42 Å². The van der Waals surface area contributed by atoms with Gasteiger partial charge in [-0.25, -0.2) is 0 Å². The molecule has 1 aliphatic rings. The Kier molecular flexibility index (Phi) is 3.51. The molecular formula is C12H17ClS. The molecule has 0 aromatic carbocycles. The number of hydrogen-bond donors (Lipinski definition) is 0. The first-order valence-corrected chi connectivity index (χ1v) is 6.79. The highest BCUT2D eigenvalue weighted by Gasteiger charge is 2.25. The van der Waals surface area contributed by atoms with Gasteiger partial charge in [0, 0.05) is 9.75 Å². The van der Waals surface area contributed by atoms with E-state index < -0.39 is 0 Å². The Morgan fingerprint density at radius 2 is 2.14 bits per heavy atom. The molecule has 1 fully saturated rings. The Bertz CT molecular complexity index is 286. The van der Waals surface area contributed by atoms with Gasteiger partial charge in [-0.15, -0.1) is 22.9 Å². The van der Waals surface area contributed by atoms with Crippen molar-refractivity contribution in [3.8, 4) is 0 Å². The van der Waals surface area contributed by atoms with Gasteiger partial charge in [-0.05, 0) is 37.3 Å². The fraction of sp³-hybridized carbons (Fsp3) is 0.667. The lowest BCUT2D eigenvalue weighted by molar-refractivity contribution is 0.534. The van der Waals surface area contributed by atoms with Gasteiger partial charge in [0.2, 0.25) is 0 Å². The van der Waals surface area contributed by atoms with Crippen molar-refractivity contribution in [2.75, 3.05) is 0 Å². The lowest BCUT2D eigenvalue weighted by Gasteiger charge is -2.14. The number of rotatable bonds is 3. The molecule has 1 unspecified atom stereocenters. The Hall–Kier alpha value is -0.0100. The van der Waals surface area contributed by atoms with Gasteiger partial charge >= 0.3 is 0 Å². The highest BCUT2D eigenvalue weighted by Crippen LogP contribution is 2.42. The second-order valence-electron chi connectivity index (χ2n) is 4.10. The molecule has 0 spiro atoms. The van der Waals surface area contributed by atoms with Gasteiger partial charge in [0.15, 0.2) is 0 Å². The van der Waals surface area contributed by atoms with Crippen molar-refractivity contribution in [3.63, 3.8) is 0 Å². The van der Waals surface area contributed by atoms with Crippen LogP contribution < -0.4 is 0 Å². The Labute approximate surface area is 95.3 Å². The zero-order valence-electron chi connectivity index (χ0n) is 8.63. The third kappa shape index (κ3) is 2.14. The van der Waals surface area contributed by atoms with E-state index in [9.17, 15) is 0 Å². The number of halogens is 1. The average molecular weight is 229 g/mol. The smallest absolute Gasteiger partial charge is 0.0706 e. The maximum atomic E-state index is 6.49. The first-order valence-electron chi connectivity index (χ1n) is 5.54. The lowest BCUT2D eigenvalue weighted by atomic mass is 10.0. The Morgan fingerprint density at radius 1 is 1.43 bits per heavy atom. The molecule has 0 aliphatic heterocycles. The van der Waals surface area contributed by atoms with Crippen LogP contribution in [0.5, 0.6) is 0 Å². The van der Waals surface area contributed by atoms with Crippen molar-refractivity contribution in [3.05, 3.63) is 21.9 Å². The number of hydrogen-bond acceptors (Lipinski definition) is 1. The second-order valence-corrected chi connectivity index (χ2v) is 5.77. The summed E-state index contributed by atoms with van der Waals surface area (Å²) in [5.74, 6) is 0.736. The molecule has 0 nitrogen and oxygen atoms in total. The molecule has 0 bridgehead atoms. The van der Waals surface area contributed by atoms with Crippen LogP contribution in [0.4, 0.5) is 0 Å². The molecule has 0 amide bonds. The third-order valence-electron chi connectivity index (χ3n) is 3.12. The summed E-state index contributed by atoms with van der Waals surface area (Å²) in [4.78, 5) is 2.85. The van der Waals surface area contributed by atoms with E-state index in [0.29, 0.717) is 0 Å². The van der Waals surface area contributed by atoms with E-state index in [1.165, 1.54) is 35.4 Å².